The zero-order valence-electron chi connectivity index (χ0n) is 16.5. The monoisotopic (exact) mass is 380 g/mol. The third-order valence-electron chi connectivity index (χ3n) is 5.72. The molecule has 5 rings (SSSR count). The zero-order chi connectivity index (χ0) is 19.6. The van der Waals surface area contributed by atoms with Gasteiger partial charge in [0, 0.05) is 35.9 Å². The van der Waals surface area contributed by atoms with Crippen LogP contribution in [0.25, 0.3) is 10.8 Å². The van der Waals surface area contributed by atoms with Crippen LogP contribution in [0.3, 0.4) is 0 Å². The molecule has 1 aromatic heterocycles. The fourth-order valence-corrected chi connectivity index (χ4v) is 4.10. The van der Waals surface area contributed by atoms with Gasteiger partial charge in [0.25, 0.3) is 0 Å². The molecule has 1 atom stereocenters. The van der Waals surface area contributed by atoms with Crippen LogP contribution in [0.2, 0.25) is 0 Å². The topological polar surface area (TPSA) is 42.2 Å². The number of aromatic nitrogens is 2. The van der Waals surface area contributed by atoms with Gasteiger partial charge in [-0.25, -0.2) is 9.98 Å². The Morgan fingerprint density at radius 3 is 2.72 bits per heavy atom. The van der Waals surface area contributed by atoms with Crippen LogP contribution in [0.4, 0.5) is 5.69 Å². The molecule has 0 fully saturated rings. The molecular weight excluding hydrogens is 356 g/mol. The molecule has 2 heterocycles. The lowest BCUT2D eigenvalue weighted by atomic mass is 9.95. The van der Waals surface area contributed by atoms with Crippen molar-refractivity contribution in [3.8, 4) is 0 Å². The number of rotatable bonds is 6. The third kappa shape index (κ3) is 3.42. The van der Waals surface area contributed by atoms with Crippen molar-refractivity contribution < 1.29 is 0 Å². The van der Waals surface area contributed by atoms with Gasteiger partial charge in [-0.1, -0.05) is 54.6 Å². The van der Waals surface area contributed by atoms with Gasteiger partial charge >= 0.3 is 0 Å². The van der Waals surface area contributed by atoms with E-state index in [0.29, 0.717) is 6.04 Å². The molecule has 0 amide bonds. The van der Waals surface area contributed by atoms with Crippen LogP contribution >= 0.6 is 0 Å². The summed E-state index contributed by atoms with van der Waals surface area (Å²) in [5, 5.41) is 6.14. The zero-order valence-corrected chi connectivity index (χ0v) is 16.5. The molecule has 0 spiro atoms. The SMILES string of the molecule is CC(CCNC1=Nc2ccc(Cc3ccccc3)c3cccc1c23)n1ccnc1. The maximum absolute atomic E-state index is 4.89. The molecule has 1 aliphatic rings. The highest BCUT2D eigenvalue weighted by Crippen LogP contribution is 2.37. The molecule has 0 saturated heterocycles. The molecule has 0 aliphatic carbocycles. The van der Waals surface area contributed by atoms with E-state index in [-0.39, 0.29) is 0 Å². The van der Waals surface area contributed by atoms with Crippen molar-refractivity contribution >= 4 is 22.3 Å². The Balaban J connectivity index is 1.36. The molecule has 3 aromatic carbocycles. The van der Waals surface area contributed by atoms with E-state index in [1.807, 2.05) is 18.7 Å². The van der Waals surface area contributed by atoms with Crippen molar-refractivity contribution in [1.82, 2.24) is 14.9 Å². The summed E-state index contributed by atoms with van der Waals surface area (Å²) in [7, 11) is 0. The largest absolute Gasteiger partial charge is 0.369 e. The van der Waals surface area contributed by atoms with Crippen molar-refractivity contribution in [1.29, 1.82) is 0 Å². The minimum absolute atomic E-state index is 0.405. The maximum atomic E-state index is 4.89. The smallest absolute Gasteiger partial charge is 0.134 e. The second-order valence-corrected chi connectivity index (χ2v) is 7.67. The molecule has 0 bridgehead atoms. The molecule has 29 heavy (non-hydrogen) atoms. The van der Waals surface area contributed by atoms with Crippen molar-refractivity contribution in [3.63, 3.8) is 0 Å². The van der Waals surface area contributed by atoms with Gasteiger partial charge in [-0.2, -0.15) is 0 Å². The van der Waals surface area contributed by atoms with E-state index in [1.54, 1.807) is 0 Å². The molecule has 0 saturated carbocycles. The lowest BCUT2D eigenvalue weighted by molar-refractivity contribution is 0.503. The van der Waals surface area contributed by atoms with Crippen LogP contribution in [0, 0.1) is 0 Å². The van der Waals surface area contributed by atoms with E-state index in [4.69, 9.17) is 4.99 Å². The fourth-order valence-electron chi connectivity index (χ4n) is 4.10. The number of hydrogen-bond acceptors (Lipinski definition) is 3. The predicted molar refractivity (Wildman–Crippen MR) is 119 cm³/mol. The quantitative estimate of drug-likeness (QED) is 0.496. The lowest BCUT2D eigenvalue weighted by Gasteiger charge is -2.14. The standard InChI is InChI=1S/C25H24N4/c1-18(29-15-14-26-17-29)12-13-27-25-22-9-5-8-21-20(10-11-23(28-25)24(21)22)16-19-6-3-2-4-7-19/h2-11,14-15,17-18H,12-13,16H2,1H3,(H,27,28). The van der Waals surface area contributed by atoms with Gasteiger partial charge in [0.2, 0.25) is 0 Å². The van der Waals surface area contributed by atoms with Crippen molar-refractivity contribution in [2.24, 2.45) is 4.99 Å². The van der Waals surface area contributed by atoms with Gasteiger partial charge in [-0.05, 0) is 42.3 Å². The van der Waals surface area contributed by atoms with Gasteiger partial charge in [-0.3, -0.25) is 0 Å². The van der Waals surface area contributed by atoms with Crippen molar-refractivity contribution in [3.05, 3.63) is 96.1 Å². The first kappa shape index (κ1) is 17.7. The Labute approximate surface area is 170 Å². The summed E-state index contributed by atoms with van der Waals surface area (Å²) in [5.41, 5.74) is 4.96. The Kier molecular flexibility index (Phi) is 4.60. The summed E-state index contributed by atoms with van der Waals surface area (Å²) in [6.45, 7) is 3.09. The maximum Gasteiger partial charge on any atom is 0.134 e. The Bertz CT molecular complexity index is 1160. The predicted octanol–water partition coefficient (Wildman–Crippen LogP) is 5.26. The summed E-state index contributed by atoms with van der Waals surface area (Å²) in [5.74, 6) is 0.986. The van der Waals surface area contributed by atoms with Crippen LogP contribution in [-0.4, -0.2) is 21.9 Å². The average Bonchev–Trinajstić information content (AvgIpc) is 3.41. The number of hydrogen-bond donors (Lipinski definition) is 1. The van der Waals surface area contributed by atoms with E-state index < -0.39 is 0 Å². The van der Waals surface area contributed by atoms with Crippen molar-refractivity contribution in [2.75, 3.05) is 6.54 Å². The van der Waals surface area contributed by atoms with Crippen LogP contribution in [0.15, 0.2) is 84.4 Å². The van der Waals surface area contributed by atoms with Gasteiger partial charge in [-0.15, -0.1) is 0 Å². The highest BCUT2D eigenvalue weighted by molar-refractivity contribution is 6.19. The second-order valence-electron chi connectivity index (χ2n) is 7.67. The summed E-state index contributed by atoms with van der Waals surface area (Å²) < 4.78 is 2.14. The van der Waals surface area contributed by atoms with Gasteiger partial charge < -0.3 is 9.88 Å². The average molecular weight is 380 g/mol. The number of benzene rings is 3. The number of nitrogens with one attached hydrogen (secondary N) is 1. The molecule has 4 heteroatoms. The van der Waals surface area contributed by atoms with E-state index in [9.17, 15) is 0 Å². The fraction of sp³-hybridized carbons (Fsp3) is 0.200. The number of aliphatic imine (C=N–C) groups is 1. The first-order chi connectivity index (χ1) is 14.3. The Morgan fingerprint density at radius 1 is 1.00 bits per heavy atom. The van der Waals surface area contributed by atoms with Gasteiger partial charge in [0.05, 0.1) is 12.0 Å². The minimum atomic E-state index is 0.405. The van der Waals surface area contributed by atoms with Crippen molar-refractivity contribution in [2.45, 2.75) is 25.8 Å². The highest BCUT2D eigenvalue weighted by atomic mass is 15.1. The molecule has 4 aromatic rings. The number of nitrogens with zero attached hydrogens (tertiary/aromatic N) is 3. The van der Waals surface area contributed by atoms with E-state index >= 15 is 0 Å². The summed E-state index contributed by atoms with van der Waals surface area (Å²) in [6, 6.07) is 22.0. The van der Waals surface area contributed by atoms with Crippen LogP contribution in [-0.2, 0) is 6.42 Å². The minimum Gasteiger partial charge on any atom is -0.369 e. The lowest BCUT2D eigenvalue weighted by Crippen LogP contribution is -2.25. The summed E-state index contributed by atoms with van der Waals surface area (Å²) in [6.07, 6.45) is 7.67. The highest BCUT2D eigenvalue weighted by Gasteiger charge is 2.19. The van der Waals surface area contributed by atoms with Gasteiger partial charge in [0.1, 0.15) is 5.84 Å². The van der Waals surface area contributed by atoms with Crippen LogP contribution in [0.1, 0.15) is 36.1 Å². The molecule has 4 nitrogen and oxygen atoms in total. The normalized spacial score (nSPS) is 13.5. The first-order valence-electron chi connectivity index (χ1n) is 10.2. The van der Waals surface area contributed by atoms with Crippen LogP contribution < -0.4 is 5.32 Å². The first-order valence-corrected chi connectivity index (χ1v) is 10.2. The molecule has 144 valence electrons. The molecule has 0 radical (unpaired) electrons. The van der Waals surface area contributed by atoms with E-state index in [1.165, 1.54) is 27.5 Å². The molecular formula is C25H24N4. The second kappa shape index (κ2) is 7.55. The molecule has 1 aliphatic heterocycles. The number of amidine groups is 1. The van der Waals surface area contributed by atoms with E-state index in [0.717, 1.165) is 30.9 Å². The van der Waals surface area contributed by atoms with Crippen LogP contribution in [0.5, 0.6) is 0 Å². The summed E-state index contributed by atoms with van der Waals surface area (Å²) in [4.78, 5) is 9.03. The third-order valence-corrected chi connectivity index (χ3v) is 5.72. The molecule has 1 N–H and O–H groups in total. The number of imidazole rings is 1. The van der Waals surface area contributed by atoms with Gasteiger partial charge in [0.15, 0.2) is 0 Å². The van der Waals surface area contributed by atoms with E-state index in [2.05, 4.69) is 82.5 Å². The summed E-state index contributed by atoms with van der Waals surface area (Å²) >= 11 is 0. The Hall–Kier alpha value is -3.40. The Morgan fingerprint density at radius 2 is 1.90 bits per heavy atom. The molecule has 1 unspecified atom stereocenters.